The number of aromatic nitrogens is 5. The Morgan fingerprint density at radius 3 is 2.74 bits per heavy atom. The first kappa shape index (κ1) is 22.1. The maximum Gasteiger partial charge on any atom is 0.350 e. The second-order valence-corrected chi connectivity index (χ2v) is 8.00. The SMILES string of the molecule is COc1cc([C@H](Nc2ccc(C(=N)N)cc2)c2nn(-c3ncccn3)c(=O)[nH]2)cc2c1CCCO2. The molecule has 1 aliphatic rings. The molecule has 0 radical (unpaired) electrons. The van der Waals surface area contributed by atoms with Crippen molar-refractivity contribution in [2.75, 3.05) is 19.0 Å². The third-order valence-corrected chi connectivity index (χ3v) is 5.73. The van der Waals surface area contributed by atoms with Gasteiger partial charge in [0.25, 0.3) is 5.95 Å². The molecular weight excluding hydrogens is 448 g/mol. The summed E-state index contributed by atoms with van der Waals surface area (Å²) >= 11 is 0. The molecule has 0 saturated heterocycles. The Morgan fingerprint density at radius 1 is 1.26 bits per heavy atom. The van der Waals surface area contributed by atoms with Crippen LogP contribution in [-0.2, 0) is 6.42 Å². The lowest BCUT2D eigenvalue weighted by Gasteiger charge is -2.24. The van der Waals surface area contributed by atoms with Crippen molar-refractivity contribution in [2.45, 2.75) is 18.9 Å². The van der Waals surface area contributed by atoms with Crippen molar-refractivity contribution in [3.63, 3.8) is 0 Å². The van der Waals surface area contributed by atoms with Gasteiger partial charge >= 0.3 is 5.69 Å². The molecule has 0 unspecified atom stereocenters. The molecule has 3 heterocycles. The van der Waals surface area contributed by atoms with Gasteiger partial charge in [-0.2, -0.15) is 0 Å². The third-order valence-electron chi connectivity index (χ3n) is 5.73. The fourth-order valence-electron chi connectivity index (χ4n) is 4.02. The summed E-state index contributed by atoms with van der Waals surface area (Å²) < 4.78 is 12.7. The summed E-state index contributed by atoms with van der Waals surface area (Å²) in [5, 5.41) is 15.5. The van der Waals surface area contributed by atoms with Gasteiger partial charge in [0.05, 0.1) is 13.7 Å². The van der Waals surface area contributed by atoms with E-state index in [0.717, 1.165) is 40.1 Å². The third kappa shape index (κ3) is 4.43. The van der Waals surface area contributed by atoms with Gasteiger partial charge in [-0.1, -0.05) is 0 Å². The van der Waals surface area contributed by atoms with Crippen LogP contribution in [0.15, 0.2) is 59.7 Å². The van der Waals surface area contributed by atoms with Crippen molar-refractivity contribution in [3.05, 3.63) is 87.9 Å². The summed E-state index contributed by atoms with van der Waals surface area (Å²) in [5.41, 5.74) is 8.27. The molecule has 178 valence electrons. The van der Waals surface area contributed by atoms with Crippen molar-refractivity contribution in [3.8, 4) is 17.4 Å². The molecule has 0 bridgehead atoms. The van der Waals surface area contributed by atoms with E-state index in [-0.39, 0.29) is 11.8 Å². The normalized spacial score (nSPS) is 13.4. The Balaban J connectivity index is 1.60. The van der Waals surface area contributed by atoms with Crippen LogP contribution in [0.5, 0.6) is 11.5 Å². The lowest BCUT2D eigenvalue weighted by Crippen LogP contribution is -2.18. The first-order valence-corrected chi connectivity index (χ1v) is 11.0. The second kappa shape index (κ2) is 9.29. The average molecular weight is 473 g/mol. The lowest BCUT2D eigenvalue weighted by molar-refractivity contribution is 0.282. The van der Waals surface area contributed by atoms with Crippen LogP contribution >= 0.6 is 0 Å². The standard InChI is InChI=1S/C24H24N8O3/c1-34-18-12-15(13-19-17(18)4-2-11-35-19)20(29-16-7-5-14(6-8-16)21(25)26)22-30-24(33)32(31-22)23-27-9-3-10-28-23/h3,5-10,12-13,20,29H,2,4,11H2,1H3,(H3,25,26)(H,30,31,33)/t20-/m0/s1. The van der Waals surface area contributed by atoms with Crippen molar-refractivity contribution < 1.29 is 9.47 Å². The van der Waals surface area contributed by atoms with E-state index in [9.17, 15) is 4.79 Å². The van der Waals surface area contributed by atoms with Crippen LogP contribution in [0.1, 0.15) is 35.0 Å². The Labute approximate surface area is 200 Å². The predicted octanol–water partition coefficient (Wildman–Crippen LogP) is 2.17. The number of aromatic amines is 1. The highest BCUT2D eigenvalue weighted by Gasteiger charge is 2.25. The quantitative estimate of drug-likeness (QED) is 0.235. The van der Waals surface area contributed by atoms with E-state index in [2.05, 4.69) is 25.4 Å². The molecule has 0 saturated carbocycles. The van der Waals surface area contributed by atoms with Crippen LogP contribution < -0.4 is 26.2 Å². The molecule has 0 spiro atoms. The zero-order valence-corrected chi connectivity index (χ0v) is 19.0. The minimum absolute atomic E-state index is 0.0180. The molecule has 0 amide bonds. The van der Waals surface area contributed by atoms with Gasteiger partial charge < -0.3 is 20.5 Å². The molecule has 0 fully saturated rings. The van der Waals surface area contributed by atoms with E-state index in [1.165, 1.54) is 0 Å². The minimum atomic E-state index is -0.569. The largest absolute Gasteiger partial charge is 0.496 e. The number of nitrogen functional groups attached to an aromatic ring is 1. The number of hydrogen-bond donors (Lipinski definition) is 4. The summed E-state index contributed by atoms with van der Waals surface area (Å²) in [6, 6.07) is 12.1. The maximum atomic E-state index is 12.8. The molecule has 2 aromatic heterocycles. The Bertz CT molecular complexity index is 1400. The summed E-state index contributed by atoms with van der Waals surface area (Å²) in [6.45, 7) is 0.626. The average Bonchev–Trinajstić information content (AvgIpc) is 3.28. The predicted molar refractivity (Wildman–Crippen MR) is 130 cm³/mol. The molecule has 35 heavy (non-hydrogen) atoms. The molecule has 11 nitrogen and oxygen atoms in total. The molecule has 5 rings (SSSR count). The number of benzene rings is 2. The van der Waals surface area contributed by atoms with Crippen molar-refractivity contribution in [1.82, 2.24) is 24.7 Å². The summed E-state index contributed by atoms with van der Waals surface area (Å²) in [6.07, 6.45) is 4.87. The van der Waals surface area contributed by atoms with Crippen molar-refractivity contribution >= 4 is 11.5 Å². The van der Waals surface area contributed by atoms with E-state index < -0.39 is 11.7 Å². The number of rotatable bonds is 7. The van der Waals surface area contributed by atoms with Gasteiger partial charge in [-0.3, -0.25) is 10.4 Å². The number of nitrogens with one attached hydrogen (secondary N) is 3. The van der Waals surface area contributed by atoms with Crippen LogP contribution in [0.25, 0.3) is 5.95 Å². The van der Waals surface area contributed by atoms with Gasteiger partial charge in [0.1, 0.15) is 23.4 Å². The number of nitrogens with two attached hydrogens (primary N) is 1. The van der Waals surface area contributed by atoms with E-state index in [1.54, 1.807) is 37.7 Å². The van der Waals surface area contributed by atoms with Crippen LogP contribution in [0.3, 0.4) is 0 Å². The molecular formula is C24H24N8O3. The summed E-state index contributed by atoms with van der Waals surface area (Å²) in [5.74, 6) is 1.96. The van der Waals surface area contributed by atoms with Gasteiger partial charge in [-0.15, -0.1) is 9.78 Å². The monoisotopic (exact) mass is 472 g/mol. The van der Waals surface area contributed by atoms with Gasteiger partial charge in [0.15, 0.2) is 5.82 Å². The van der Waals surface area contributed by atoms with Crippen LogP contribution in [0.4, 0.5) is 5.69 Å². The summed E-state index contributed by atoms with van der Waals surface area (Å²) in [7, 11) is 1.63. The van der Waals surface area contributed by atoms with Gasteiger partial charge in [0.2, 0.25) is 0 Å². The Hall–Kier alpha value is -4.67. The molecule has 2 aromatic carbocycles. The van der Waals surface area contributed by atoms with E-state index >= 15 is 0 Å². The number of fused-ring (bicyclic) bond motifs is 1. The minimum Gasteiger partial charge on any atom is -0.496 e. The van der Waals surface area contributed by atoms with Gasteiger partial charge in [-0.05, 0) is 60.9 Å². The number of H-pyrrole nitrogens is 1. The highest BCUT2D eigenvalue weighted by molar-refractivity contribution is 5.95. The van der Waals surface area contributed by atoms with E-state index in [4.69, 9.17) is 20.6 Å². The van der Waals surface area contributed by atoms with Gasteiger partial charge in [-0.25, -0.2) is 14.8 Å². The molecule has 1 aliphatic heterocycles. The van der Waals surface area contributed by atoms with Crippen LogP contribution in [0, 0.1) is 5.41 Å². The molecule has 5 N–H and O–H groups in total. The number of amidine groups is 1. The van der Waals surface area contributed by atoms with Crippen molar-refractivity contribution in [1.29, 1.82) is 5.41 Å². The topological polar surface area (TPSA) is 157 Å². The molecule has 4 aromatic rings. The number of anilines is 1. The maximum absolute atomic E-state index is 12.8. The highest BCUT2D eigenvalue weighted by atomic mass is 16.5. The number of nitrogens with zero attached hydrogens (tertiary/aromatic N) is 4. The zero-order valence-electron chi connectivity index (χ0n) is 19.0. The molecule has 0 aliphatic carbocycles. The number of methoxy groups -OCH3 is 1. The Morgan fingerprint density at radius 2 is 2.03 bits per heavy atom. The summed E-state index contributed by atoms with van der Waals surface area (Å²) in [4.78, 5) is 23.8. The molecule has 11 heteroatoms. The lowest BCUT2D eigenvalue weighted by atomic mass is 9.98. The number of hydrogen-bond acceptors (Lipinski definition) is 8. The van der Waals surface area contributed by atoms with Crippen LogP contribution in [-0.4, -0.2) is 44.3 Å². The first-order valence-electron chi connectivity index (χ1n) is 11.0. The molecule has 1 atom stereocenters. The second-order valence-electron chi connectivity index (χ2n) is 8.00. The highest BCUT2D eigenvalue weighted by Crippen LogP contribution is 2.38. The fourth-order valence-corrected chi connectivity index (χ4v) is 4.02. The smallest absolute Gasteiger partial charge is 0.350 e. The van der Waals surface area contributed by atoms with E-state index in [0.29, 0.717) is 23.7 Å². The van der Waals surface area contributed by atoms with Crippen molar-refractivity contribution in [2.24, 2.45) is 5.73 Å². The Kier molecular flexibility index (Phi) is 5.88. The van der Waals surface area contributed by atoms with Gasteiger partial charge in [0, 0.05) is 29.2 Å². The fraction of sp³-hybridized carbons (Fsp3) is 0.208. The number of ether oxygens (including phenoxy) is 2. The van der Waals surface area contributed by atoms with E-state index in [1.807, 2.05) is 24.3 Å². The zero-order chi connectivity index (χ0) is 24.4. The van der Waals surface area contributed by atoms with Crippen LogP contribution in [0.2, 0.25) is 0 Å². The first-order chi connectivity index (χ1) is 17.0.